The van der Waals surface area contributed by atoms with E-state index in [4.69, 9.17) is 14.2 Å². The van der Waals surface area contributed by atoms with Crippen molar-refractivity contribution in [3.63, 3.8) is 0 Å². The van der Waals surface area contributed by atoms with Crippen molar-refractivity contribution in [1.82, 2.24) is 4.90 Å². The number of nitrogens with zero attached hydrogens (tertiary/aromatic N) is 1. The minimum atomic E-state index is -0.390. The van der Waals surface area contributed by atoms with Gasteiger partial charge in [0.05, 0.1) is 22.5 Å². The van der Waals surface area contributed by atoms with Gasteiger partial charge >= 0.3 is 0 Å². The summed E-state index contributed by atoms with van der Waals surface area (Å²) in [4.78, 5) is 39.7. The predicted octanol–water partition coefficient (Wildman–Crippen LogP) is 7.13. The molecule has 0 spiro atoms. The number of imide groups is 1. The Hall–Kier alpha value is -4.28. The Balaban J connectivity index is 1.24. The van der Waals surface area contributed by atoms with Gasteiger partial charge in [0.1, 0.15) is 12.4 Å². The average molecular weight is 648 g/mol. The number of hydrogen-bond donors (Lipinski definition) is 1. The number of anilines is 1. The molecule has 1 heterocycles. The molecule has 214 valence electrons. The summed E-state index contributed by atoms with van der Waals surface area (Å²) in [5.74, 6) is 0.740. The quantitative estimate of drug-likeness (QED) is 0.173. The van der Waals surface area contributed by atoms with E-state index in [1.54, 1.807) is 30.3 Å². The molecule has 0 atom stereocenters. The van der Waals surface area contributed by atoms with Crippen LogP contribution in [0.1, 0.15) is 12.5 Å². The lowest BCUT2D eigenvalue weighted by Gasteiger charge is -2.15. The van der Waals surface area contributed by atoms with E-state index in [0.29, 0.717) is 39.6 Å². The summed E-state index contributed by atoms with van der Waals surface area (Å²) in [5, 5.41) is 4.43. The normalized spacial score (nSPS) is 14.0. The number of benzene rings is 4. The largest absolute Gasteiger partial charge is 0.491 e. The highest BCUT2D eigenvalue weighted by Crippen LogP contribution is 2.39. The van der Waals surface area contributed by atoms with Crippen LogP contribution in [0.4, 0.5) is 10.5 Å². The van der Waals surface area contributed by atoms with Crippen LogP contribution >= 0.6 is 27.7 Å². The number of carbonyl (C=O) groups excluding carboxylic acids is 3. The molecule has 0 aromatic heterocycles. The second-order valence-electron chi connectivity index (χ2n) is 9.12. The third-order valence-corrected chi connectivity index (χ3v) is 7.73. The second-order valence-corrected chi connectivity index (χ2v) is 11.0. The molecule has 0 bridgehead atoms. The smallest absolute Gasteiger partial charge is 0.293 e. The summed E-state index contributed by atoms with van der Waals surface area (Å²) in [6.45, 7) is 2.25. The number of halogens is 1. The van der Waals surface area contributed by atoms with Crippen molar-refractivity contribution in [1.29, 1.82) is 0 Å². The highest BCUT2D eigenvalue weighted by molar-refractivity contribution is 9.10. The van der Waals surface area contributed by atoms with E-state index >= 15 is 0 Å². The lowest BCUT2D eigenvalue weighted by molar-refractivity contribution is -0.123. The summed E-state index contributed by atoms with van der Waals surface area (Å²) >= 11 is 4.37. The number of carbonyl (C=O) groups is 3. The maximum Gasteiger partial charge on any atom is 0.293 e. The van der Waals surface area contributed by atoms with E-state index < -0.39 is 5.91 Å². The molecule has 4 aromatic carbocycles. The van der Waals surface area contributed by atoms with Gasteiger partial charge in [0, 0.05) is 11.1 Å². The van der Waals surface area contributed by atoms with Crippen molar-refractivity contribution in [2.45, 2.75) is 6.92 Å². The van der Waals surface area contributed by atoms with E-state index in [0.717, 1.165) is 22.5 Å². The molecule has 10 heteroatoms. The first-order valence-corrected chi connectivity index (χ1v) is 14.8. The standard InChI is InChI=1S/C32H27BrN2O6S/c1-2-39-27-18-21(17-25(33)30(27)41-20-29(36)34-23-11-4-3-5-12-23)19-28-31(37)35(32(38)42-28)15-16-40-26-14-8-10-22-9-6-7-13-24(22)26/h3-14,17-19H,2,15-16,20H2,1H3,(H,34,36)/b28-19-. The lowest BCUT2D eigenvalue weighted by atomic mass is 10.1. The maximum absolute atomic E-state index is 13.1. The number of hydrogen-bond acceptors (Lipinski definition) is 7. The summed E-state index contributed by atoms with van der Waals surface area (Å²) in [6, 6.07) is 26.2. The van der Waals surface area contributed by atoms with Crippen LogP contribution < -0.4 is 19.5 Å². The number of rotatable bonds is 11. The fourth-order valence-electron chi connectivity index (χ4n) is 4.34. The van der Waals surface area contributed by atoms with Crippen molar-refractivity contribution in [3.05, 3.63) is 99.9 Å². The molecule has 4 aromatic rings. The monoisotopic (exact) mass is 646 g/mol. The van der Waals surface area contributed by atoms with E-state index in [2.05, 4.69) is 21.2 Å². The Morgan fingerprint density at radius 3 is 2.50 bits per heavy atom. The van der Waals surface area contributed by atoms with Crippen LogP contribution in [-0.4, -0.2) is 48.3 Å². The third-order valence-electron chi connectivity index (χ3n) is 6.23. The van der Waals surface area contributed by atoms with Crippen LogP contribution in [0.15, 0.2) is 94.3 Å². The Morgan fingerprint density at radius 1 is 0.929 bits per heavy atom. The first kappa shape index (κ1) is 29.2. The first-order chi connectivity index (χ1) is 20.4. The fraction of sp³-hybridized carbons (Fsp3) is 0.156. The SMILES string of the molecule is CCOc1cc(/C=C2\SC(=O)N(CCOc3cccc4ccccc34)C2=O)cc(Br)c1OCC(=O)Nc1ccccc1. The Kier molecular flexibility index (Phi) is 9.45. The van der Waals surface area contributed by atoms with Gasteiger partial charge in [0.15, 0.2) is 18.1 Å². The molecule has 1 saturated heterocycles. The van der Waals surface area contributed by atoms with E-state index in [9.17, 15) is 14.4 Å². The van der Waals surface area contributed by atoms with Crippen molar-refractivity contribution < 1.29 is 28.6 Å². The summed E-state index contributed by atoms with van der Waals surface area (Å²) in [7, 11) is 0. The fourth-order valence-corrected chi connectivity index (χ4v) is 5.78. The van der Waals surface area contributed by atoms with Crippen molar-refractivity contribution in [2.75, 3.05) is 31.7 Å². The van der Waals surface area contributed by atoms with Gasteiger partial charge in [-0.15, -0.1) is 0 Å². The molecule has 3 amide bonds. The third kappa shape index (κ3) is 6.95. The molecule has 42 heavy (non-hydrogen) atoms. The van der Waals surface area contributed by atoms with Crippen LogP contribution in [0.25, 0.3) is 16.8 Å². The highest BCUT2D eigenvalue weighted by atomic mass is 79.9. The van der Waals surface area contributed by atoms with Crippen LogP contribution in [-0.2, 0) is 9.59 Å². The van der Waals surface area contributed by atoms with Crippen LogP contribution in [0.2, 0.25) is 0 Å². The first-order valence-electron chi connectivity index (χ1n) is 13.2. The average Bonchev–Trinajstić information content (AvgIpc) is 3.24. The molecule has 1 aliphatic heterocycles. The minimum Gasteiger partial charge on any atom is -0.491 e. The van der Waals surface area contributed by atoms with Crippen LogP contribution in [0.3, 0.4) is 0 Å². The topological polar surface area (TPSA) is 94.2 Å². The number of nitrogens with one attached hydrogen (secondary N) is 1. The van der Waals surface area contributed by atoms with Crippen molar-refractivity contribution in [3.8, 4) is 17.2 Å². The molecule has 8 nitrogen and oxygen atoms in total. The van der Waals surface area contributed by atoms with Gasteiger partial charge in [-0.05, 0) is 82.0 Å². The summed E-state index contributed by atoms with van der Waals surface area (Å²) in [6.07, 6.45) is 1.63. The van der Waals surface area contributed by atoms with Gasteiger partial charge in [-0.25, -0.2) is 0 Å². The zero-order valence-electron chi connectivity index (χ0n) is 22.7. The van der Waals surface area contributed by atoms with E-state index in [1.165, 1.54) is 4.90 Å². The number of para-hydroxylation sites is 1. The Bertz CT molecular complexity index is 1650. The molecule has 0 unspecified atom stereocenters. The summed E-state index contributed by atoms with van der Waals surface area (Å²) < 4.78 is 18.0. The van der Waals surface area contributed by atoms with Crippen LogP contribution in [0.5, 0.6) is 17.2 Å². The molecular formula is C32H27BrN2O6S. The molecule has 0 radical (unpaired) electrons. The number of amides is 3. The van der Waals surface area contributed by atoms with Gasteiger partial charge in [0.25, 0.3) is 17.1 Å². The second kappa shape index (κ2) is 13.6. The van der Waals surface area contributed by atoms with Gasteiger partial charge < -0.3 is 19.5 Å². The van der Waals surface area contributed by atoms with E-state index in [-0.39, 0.29) is 35.8 Å². The molecule has 0 saturated carbocycles. The van der Waals surface area contributed by atoms with Gasteiger partial charge in [0.2, 0.25) is 0 Å². The molecule has 5 rings (SSSR count). The van der Waals surface area contributed by atoms with Crippen LogP contribution in [0, 0.1) is 0 Å². The lowest BCUT2D eigenvalue weighted by Crippen LogP contribution is -2.32. The number of fused-ring (bicyclic) bond motifs is 1. The zero-order chi connectivity index (χ0) is 29.5. The summed E-state index contributed by atoms with van der Waals surface area (Å²) in [5.41, 5.74) is 1.29. The minimum absolute atomic E-state index is 0.122. The van der Waals surface area contributed by atoms with E-state index in [1.807, 2.05) is 67.6 Å². The number of thioether (sulfide) groups is 1. The van der Waals surface area contributed by atoms with Gasteiger partial charge in [-0.3, -0.25) is 19.3 Å². The Labute approximate surface area is 255 Å². The highest BCUT2D eigenvalue weighted by Gasteiger charge is 2.35. The molecule has 1 fully saturated rings. The molecule has 1 aliphatic rings. The molecular weight excluding hydrogens is 620 g/mol. The predicted molar refractivity (Wildman–Crippen MR) is 168 cm³/mol. The number of ether oxygens (including phenoxy) is 3. The maximum atomic E-state index is 13.1. The zero-order valence-corrected chi connectivity index (χ0v) is 25.1. The molecule has 1 N–H and O–H groups in total. The molecule has 0 aliphatic carbocycles. The van der Waals surface area contributed by atoms with Gasteiger partial charge in [-0.2, -0.15) is 0 Å². The van der Waals surface area contributed by atoms with Crippen molar-refractivity contribution in [2.24, 2.45) is 0 Å². The van der Waals surface area contributed by atoms with Crippen molar-refractivity contribution >= 4 is 67.3 Å². The van der Waals surface area contributed by atoms with Gasteiger partial charge in [-0.1, -0.05) is 54.6 Å². The Morgan fingerprint density at radius 2 is 1.69 bits per heavy atom.